The molecule has 0 radical (unpaired) electrons. The Labute approximate surface area is 156 Å². The lowest BCUT2D eigenvalue weighted by Gasteiger charge is -2.37. The van der Waals surface area contributed by atoms with Crippen molar-refractivity contribution in [2.45, 2.75) is 18.7 Å². The first kappa shape index (κ1) is 14.7. The molecular weight excluding hydrogens is 404 g/mol. The summed E-state index contributed by atoms with van der Waals surface area (Å²) in [6.45, 7) is 0. The molecule has 1 aromatic carbocycles. The number of thiophene rings is 2. The first-order valence-corrected chi connectivity index (χ1v) is 10.2. The standard InChI is InChI=1S/C18H13BrN2OS2/c19-11-5-6-15-12(9-11)14-10-13(16-3-1-7-23-16)20-21(14)18(22-15)17-4-2-8-24-17/h1-9,14,18H,10H2. The van der Waals surface area contributed by atoms with Crippen LogP contribution < -0.4 is 4.74 Å². The van der Waals surface area contributed by atoms with Crippen LogP contribution in [0.1, 0.15) is 34.0 Å². The molecule has 0 spiro atoms. The Hall–Kier alpha value is -1.63. The third kappa shape index (κ3) is 2.32. The van der Waals surface area contributed by atoms with Crippen LogP contribution in [0.3, 0.4) is 0 Å². The van der Waals surface area contributed by atoms with E-state index in [9.17, 15) is 0 Å². The molecule has 5 rings (SSSR count). The van der Waals surface area contributed by atoms with Crippen LogP contribution in [0.5, 0.6) is 5.75 Å². The van der Waals surface area contributed by atoms with Gasteiger partial charge in [-0.3, -0.25) is 0 Å². The quantitative estimate of drug-likeness (QED) is 0.525. The van der Waals surface area contributed by atoms with E-state index in [-0.39, 0.29) is 12.3 Å². The second-order valence-corrected chi connectivity index (χ2v) is 8.63. The predicted molar refractivity (Wildman–Crippen MR) is 102 cm³/mol. The van der Waals surface area contributed by atoms with Crippen LogP contribution in [-0.4, -0.2) is 10.7 Å². The number of benzene rings is 1. The smallest absolute Gasteiger partial charge is 0.222 e. The van der Waals surface area contributed by atoms with E-state index in [0.29, 0.717) is 0 Å². The van der Waals surface area contributed by atoms with Gasteiger partial charge in [0.2, 0.25) is 6.23 Å². The van der Waals surface area contributed by atoms with Crippen LogP contribution in [0.2, 0.25) is 0 Å². The van der Waals surface area contributed by atoms with E-state index in [0.717, 1.165) is 22.4 Å². The Bertz CT molecular complexity index is 905. The minimum absolute atomic E-state index is 0.152. The predicted octanol–water partition coefficient (Wildman–Crippen LogP) is 5.81. The van der Waals surface area contributed by atoms with Crippen molar-refractivity contribution in [2.75, 3.05) is 0 Å². The third-order valence-electron chi connectivity index (χ3n) is 4.34. The Kier molecular flexibility index (Phi) is 3.50. The molecule has 3 nitrogen and oxygen atoms in total. The van der Waals surface area contributed by atoms with Crippen molar-refractivity contribution in [1.82, 2.24) is 5.01 Å². The molecule has 24 heavy (non-hydrogen) atoms. The number of halogens is 1. The van der Waals surface area contributed by atoms with Crippen LogP contribution in [-0.2, 0) is 0 Å². The van der Waals surface area contributed by atoms with E-state index in [1.165, 1.54) is 15.3 Å². The first-order valence-electron chi connectivity index (χ1n) is 7.69. The fourth-order valence-electron chi connectivity index (χ4n) is 3.27. The second-order valence-electron chi connectivity index (χ2n) is 5.79. The lowest BCUT2D eigenvalue weighted by atomic mass is 9.98. The Balaban J connectivity index is 1.62. The summed E-state index contributed by atoms with van der Waals surface area (Å²) in [5, 5.41) is 11.3. The van der Waals surface area contributed by atoms with Crippen molar-refractivity contribution in [1.29, 1.82) is 0 Å². The maximum absolute atomic E-state index is 6.32. The summed E-state index contributed by atoms with van der Waals surface area (Å²) < 4.78 is 7.40. The molecule has 0 amide bonds. The third-order valence-corrected chi connectivity index (χ3v) is 6.66. The van der Waals surface area contributed by atoms with E-state index < -0.39 is 0 Å². The summed E-state index contributed by atoms with van der Waals surface area (Å²) in [6.07, 6.45) is 0.760. The molecule has 0 fully saturated rings. The number of ether oxygens (including phenoxy) is 1. The van der Waals surface area contributed by atoms with Gasteiger partial charge in [-0.2, -0.15) is 5.10 Å². The molecule has 0 saturated carbocycles. The van der Waals surface area contributed by atoms with Crippen LogP contribution in [0.25, 0.3) is 0 Å². The van der Waals surface area contributed by atoms with Gasteiger partial charge in [0.15, 0.2) is 0 Å². The van der Waals surface area contributed by atoms with Crippen molar-refractivity contribution < 1.29 is 4.74 Å². The average molecular weight is 417 g/mol. The van der Waals surface area contributed by atoms with Gasteiger partial charge in [-0.25, -0.2) is 5.01 Å². The lowest BCUT2D eigenvalue weighted by Crippen LogP contribution is -2.33. The fraction of sp³-hybridized carbons (Fsp3) is 0.167. The number of rotatable bonds is 2. The highest BCUT2D eigenvalue weighted by atomic mass is 79.9. The first-order chi connectivity index (χ1) is 11.8. The van der Waals surface area contributed by atoms with Gasteiger partial charge in [0.05, 0.1) is 21.5 Å². The minimum atomic E-state index is -0.152. The van der Waals surface area contributed by atoms with Crippen molar-refractivity contribution >= 4 is 44.3 Å². The molecular formula is C18H13BrN2OS2. The van der Waals surface area contributed by atoms with Gasteiger partial charge in [-0.15, -0.1) is 22.7 Å². The molecule has 2 atom stereocenters. The lowest BCUT2D eigenvalue weighted by molar-refractivity contribution is -0.0166. The molecule has 4 heterocycles. The maximum Gasteiger partial charge on any atom is 0.222 e. The van der Waals surface area contributed by atoms with Gasteiger partial charge in [0, 0.05) is 16.5 Å². The van der Waals surface area contributed by atoms with Gasteiger partial charge >= 0.3 is 0 Å². The second kappa shape index (κ2) is 5.72. The summed E-state index contributed by atoms with van der Waals surface area (Å²) in [5.74, 6) is 0.959. The van der Waals surface area contributed by atoms with Crippen molar-refractivity contribution in [2.24, 2.45) is 5.10 Å². The maximum atomic E-state index is 6.32. The Morgan fingerprint density at radius 1 is 1.12 bits per heavy atom. The van der Waals surface area contributed by atoms with E-state index in [1.807, 2.05) is 6.07 Å². The zero-order valence-electron chi connectivity index (χ0n) is 12.6. The highest BCUT2D eigenvalue weighted by Gasteiger charge is 2.41. The highest BCUT2D eigenvalue weighted by molar-refractivity contribution is 9.10. The molecule has 0 saturated heterocycles. The van der Waals surface area contributed by atoms with Crippen LogP contribution in [0.4, 0.5) is 0 Å². The molecule has 2 aliphatic rings. The average Bonchev–Trinajstić information content (AvgIpc) is 3.33. The van der Waals surface area contributed by atoms with Crippen molar-refractivity contribution in [3.05, 3.63) is 73.0 Å². The van der Waals surface area contributed by atoms with E-state index in [4.69, 9.17) is 9.84 Å². The molecule has 120 valence electrons. The summed E-state index contributed by atoms with van der Waals surface area (Å²) in [6, 6.07) is 14.9. The molecule has 2 aromatic heterocycles. The molecule has 3 aromatic rings. The zero-order chi connectivity index (χ0) is 16.1. The van der Waals surface area contributed by atoms with Gasteiger partial charge in [-0.05, 0) is 41.1 Å². The summed E-state index contributed by atoms with van der Waals surface area (Å²) in [5.41, 5.74) is 2.35. The molecule has 0 N–H and O–H groups in total. The number of hydrazone groups is 1. The molecule has 2 aliphatic heterocycles. The zero-order valence-corrected chi connectivity index (χ0v) is 15.8. The molecule has 6 heteroatoms. The van der Waals surface area contributed by atoms with Gasteiger partial charge in [0.1, 0.15) is 5.75 Å². The number of hydrogen-bond donors (Lipinski definition) is 0. The normalized spacial score (nSPS) is 21.9. The van der Waals surface area contributed by atoms with Crippen molar-refractivity contribution in [3.8, 4) is 5.75 Å². The minimum Gasteiger partial charge on any atom is -0.464 e. The highest BCUT2D eigenvalue weighted by Crippen LogP contribution is 2.48. The molecule has 0 aliphatic carbocycles. The van der Waals surface area contributed by atoms with Gasteiger partial charge in [-0.1, -0.05) is 28.1 Å². The fourth-order valence-corrected chi connectivity index (χ4v) is 5.11. The summed E-state index contributed by atoms with van der Waals surface area (Å²) in [4.78, 5) is 2.43. The number of nitrogens with zero attached hydrogens (tertiary/aromatic N) is 2. The number of fused-ring (bicyclic) bond motifs is 3. The van der Waals surface area contributed by atoms with Gasteiger partial charge < -0.3 is 4.74 Å². The van der Waals surface area contributed by atoms with Crippen LogP contribution in [0.15, 0.2) is 62.8 Å². The van der Waals surface area contributed by atoms with Gasteiger partial charge in [0.25, 0.3) is 0 Å². The summed E-state index contributed by atoms with van der Waals surface area (Å²) in [7, 11) is 0. The van der Waals surface area contributed by atoms with E-state index in [1.54, 1.807) is 22.7 Å². The molecule has 2 unspecified atom stereocenters. The van der Waals surface area contributed by atoms with Crippen molar-refractivity contribution in [3.63, 3.8) is 0 Å². The van der Waals surface area contributed by atoms with Crippen LogP contribution in [0, 0.1) is 0 Å². The largest absolute Gasteiger partial charge is 0.464 e. The van der Waals surface area contributed by atoms with E-state index >= 15 is 0 Å². The monoisotopic (exact) mass is 416 g/mol. The Morgan fingerprint density at radius 2 is 2.00 bits per heavy atom. The molecule has 0 bridgehead atoms. The van der Waals surface area contributed by atoms with Crippen LogP contribution >= 0.6 is 38.6 Å². The number of hydrogen-bond acceptors (Lipinski definition) is 5. The Morgan fingerprint density at radius 3 is 2.79 bits per heavy atom. The summed E-state index contributed by atoms with van der Waals surface area (Å²) >= 11 is 7.04. The SMILES string of the molecule is Brc1ccc2c(c1)C1CC(c3cccs3)=NN1C(c1cccs1)O2. The topological polar surface area (TPSA) is 24.8 Å². The van der Waals surface area contributed by atoms with E-state index in [2.05, 4.69) is 68.1 Å².